The van der Waals surface area contributed by atoms with Crippen LogP contribution in [0.3, 0.4) is 0 Å². The summed E-state index contributed by atoms with van der Waals surface area (Å²) in [4.78, 5) is 17.2. The van der Waals surface area contributed by atoms with E-state index in [2.05, 4.69) is 35.3 Å². The summed E-state index contributed by atoms with van der Waals surface area (Å²) in [6.45, 7) is 5.94. The van der Waals surface area contributed by atoms with Gasteiger partial charge < -0.3 is 10.2 Å². The number of anilines is 1. The van der Waals surface area contributed by atoms with Crippen LogP contribution in [0.4, 0.5) is 5.69 Å². The molecular formula is C19H29N3O. The number of hydrogen-bond donors (Lipinski definition) is 1. The van der Waals surface area contributed by atoms with E-state index in [1.807, 2.05) is 18.0 Å². The fraction of sp³-hybridized carbons (Fsp3) is 0.632. The molecule has 1 N–H and O–H groups in total. The first-order chi connectivity index (χ1) is 11.2. The fourth-order valence-electron chi connectivity index (χ4n) is 3.99. The second kappa shape index (κ2) is 7.45. The molecule has 126 valence electrons. The van der Waals surface area contributed by atoms with Crippen molar-refractivity contribution in [2.75, 3.05) is 38.1 Å². The second-order valence-corrected chi connectivity index (χ2v) is 7.06. The largest absolute Gasteiger partial charge is 0.320 e. The molecule has 1 amide bonds. The van der Waals surface area contributed by atoms with Crippen LogP contribution in [0, 0.1) is 5.92 Å². The van der Waals surface area contributed by atoms with Gasteiger partial charge in [-0.2, -0.15) is 0 Å². The summed E-state index contributed by atoms with van der Waals surface area (Å²) in [5.41, 5.74) is 2.42. The van der Waals surface area contributed by atoms with Crippen LogP contribution in [0.2, 0.25) is 0 Å². The lowest BCUT2D eigenvalue weighted by atomic mass is 9.93. The van der Waals surface area contributed by atoms with E-state index >= 15 is 0 Å². The van der Waals surface area contributed by atoms with Crippen LogP contribution in [0.5, 0.6) is 0 Å². The molecule has 2 heterocycles. The number of benzene rings is 1. The van der Waals surface area contributed by atoms with Crippen LogP contribution in [0.1, 0.15) is 31.7 Å². The second-order valence-electron chi connectivity index (χ2n) is 7.06. The lowest BCUT2D eigenvalue weighted by Crippen LogP contribution is -2.45. The van der Waals surface area contributed by atoms with Gasteiger partial charge in [0, 0.05) is 11.7 Å². The van der Waals surface area contributed by atoms with Crippen LogP contribution in [0.25, 0.3) is 0 Å². The Balaban J connectivity index is 1.54. The average Bonchev–Trinajstić information content (AvgIpc) is 2.90. The van der Waals surface area contributed by atoms with Crippen molar-refractivity contribution < 1.29 is 4.79 Å². The Morgan fingerprint density at radius 1 is 1.26 bits per heavy atom. The van der Waals surface area contributed by atoms with Gasteiger partial charge in [0.25, 0.3) is 0 Å². The molecule has 4 heteroatoms. The van der Waals surface area contributed by atoms with Crippen molar-refractivity contribution in [3.05, 3.63) is 29.8 Å². The molecule has 0 saturated carbocycles. The van der Waals surface area contributed by atoms with Gasteiger partial charge in [-0.15, -0.1) is 0 Å². The molecule has 1 unspecified atom stereocenters. The van der Waals surface area contributed by atoms with Crippen molar-refractivity contribution in [1.29, 1.82) is 0 Å². The normalized spacial score (nSPS) is 22.3. The van der Waals surface area contributed by atoms with E-state index in [9.17, 15) is 4.79 Å². The number of fused-ring (bicyclic) bond motifs is 1. The zero-order chi connectivity index (χ0) is 16.2. The summed E-state index contributed by atoms with van der Waals surface area (Å²) < 4.78 is 0. The SMILES string of the molecule is CNCCC1CCN(CC(=O)N2c3ccccc3CC2C)CC1. The highest BCUT2D eigenvalue weighted by molar-refractivity contribution is 5.97. The summed E-state index contributed by atoms with van der Waals surface area (Å²) in [6, 6.07) is 8.61. The van der Waals surface area contributed by atoms with E-state index in [0.29, 0.717) is 6.54 Å². The topological polar surface area (TPSA) is 35.6 Å². The number of nitrogens with one attached hydrogen (secondary N) is 1. The first kappa shape index (κ1) is 16.5. The minimum Gasteiger partial charge on any atom is -0.320 e. The van der Waals surface area contributed by atoms with Crippen LogP contribution >= 0.6 is 0 Å². The monoisotopic (exact) mass is 315 g/mol. The molecular weight excluding hydrogens is 286 g/mol. The Kier molecular flexibility index (Phi) is 5.34. The van der Waals surface area contributed by atoms with E-state index in [-0.39, 0.29) is 11.9 Å². The van der Waals surface area contributed by atoms with E-state index in [1.54, 1.807) is 0 Å². The minimum absolute atomic E-state index is 0.260. The molecule has 0 aliphatic carbocycles. The van der Waals surface area contributed by atoms with Crippen molar-refractivity contribution >= 4 is 11.6 Å². The van der Waals surface area contributed by atoms with Gasteiger partial charge in [-0.05, 0) is 76.8 Å². The minimum atomic E-state index is 0.260. The van der Waals surface area contributed by atoms with E-state index < -0.39 is 0 Å². The summed E-state index contributed by atoms with van der Waals surface area (Å²) in [5.74, 6) is 1.08. The number of nitrogens with zero attached hydrogens (tertiary/aromatic N) is 2. The van der Waals surface area contributed by atoms with Crippen LogP contribution < -0.4 is 10.2 Å². The summed E-state index contributed by atoms with van der Waals surface area (Å²) in [6.07, 6.45) is 4.69. The van der Waals surface area contributed by atoms with E-state index in [0.717, 1.165) is 37.7 Å². The number of hydrogen-bond acceptors (Lipinski definition) is 3. The first-order valence-corrected chi connectivity index (χ1v) is 8.96. The van der Waals surface area contributed by atoms with Crippen LogP contribution in [-0.2, 0) is 11.2 Å². The summed E-state index contributed by atoms with van der Waals surface area (Å²) in [5, 5.41) is 3.24. The number of para-hydroxylation sites is 1. The summed E-state index contributed by atoms with van der Waals surface area (Å²) >= 11 is 0. The van der Waals surface area contributed by atoms with Gasteiger partial charge in [0.05, 0.1) is 6.54 Å². The molecule has 0 aromatic heterocycles. The molecule has 0 radical (unpaired) electrons. The third-order valence-corrected chi connectivity index (χ3v) is 5.34. The third kappa shape index (κ3) is 3.75. The van der Waals surface area contributed by atoms with Crippen LogP contribution in [-0.4, -0.2) is 50.1 Å². The van der Waals surface area contributed by atoms with Crippen molar-refractivity contribution in [2.24, 2.45) is 5.92 Å². The quantitative estimate of drug-likeness (QED) is 0.905. The predicted octanol–water partition coefficient (Wildman–Crippen LogP) is 2.29. The van der Waals surface area contributed by atoms with Gasteiger partial charge in [-0.1, -0.05) is 18.2 Å². The Labute approximate surface area is 139 Å². The van der Waals surface area contributed by atoms with Crippen molar-refractivity contribution in [3.8, 4) is 0 Å². The highest BCUT2D eigenvalue weighted by Gasteiger charge is 2.31. The molecule has 1 aromatic carbocycles. The molecule has 3 rings (SSSR count). The van der Waals surface area contributed by atoms with E-state index in [1.165, 1.54) is 24.8 Å². The smallest absolute Gasteiger partial charge is 0.241 e. The number of piperidine rings is 1. The van der Waals surface area contributed by atoms with Gasteiger partial charge in [-0.25, -0.2) is 0 Å². The number of amides is 1. The van der Waals surface area contributed by atoms with Crippen molar-refractivity contribution in [3.63, 3.8) is 0 Å². The molecule has 23 heavy (non-hydrogen) atoms. The van der Waals surface area contributed by atoms with Gasteiger partial charge in [0.1, 0.15) is 0 Å². The fourth-order valence-corrected chi connectivity index (χ4v) is 3.99. The maximum Gasteiger partial charge on any atom is 0.241 e. The van der Waals surface area contributed by atoms with Gasteiger partial charge >= 0.3 is 0 Å². The lowest BCUT2D eigenvalue weighted by molar-refractivity contribution is -0.120. The van der Waals surface area contributed by atoms with E-state index in [4.69, 9.17) is 0 Å². The molecule has 1 fully saturated rings. The Morgan fingerprint density at radius 2 is 2.00 bits per heavy atom. The number of likely N-dealkylation sites (tertiary alicyclic amines) is 1. The zero-order valence-electron chi connectivity index (χ0n) is 14.4. The number of rotatable bonds is 5. The molecule has 1 saturated heterocycles. The number of carbonyl (C=O) groups excluding carboxylic acids is 1. The Hall–Kier alpha value is -1.39. The zero-order valence-corrected chi connectivity index (χ0v) is 14.4. The van der Waals surface area contributed by atoms with Crippen LogP contribution in [0.15, 0.2) is 24.3 Å². The van der Waals surface area contributed by atoms with Gasteiger partial charge in [-0.3, -0.25) is 9.69 Å². The average molecular weight is 315 g/mol. The molecule has 1 atom stereocenters. The third-order valence-electron chi connectivity index (χ3n) is 5.34. The van der Waals surface area contributed by atoms with Crippen molar-refractivity contribution in [2.45, 2.75) is 38.6 Å². The van der Waals surface area contributed by atoms with Gasteiger partial charge in [0.2, 0.25) is 5.91 Å². The highest BCUT2D eigenvalue weighted by atomic mass is 16.2. The van der Waals surface area contributed by atoms with Gasteiger partial charge in [0.15, 0.2) is 0 Å². The molecule has 4 nitrogen and oxygen atoms in total. The van der Waals surface area contributed by atoms with Crippen molar-refractivity contribution in [1.82, 2.24) is 10.2 Å². The highest BCUT2D eigenvalue weighted by Crippen LogP contribution is 2.32. The molecule has 0 bridgehead atoms. The Morgan fingerprint density at radius 3 is 2.74 bits per heavy atom. The number of carbonyl (C=O) groups is 1. The Bertz CT molecular complexity index is 537. The summed E-state index contributed by atoms with van der Waals surface area (Å²) in [7, 11) is 2.02. The standard InChI is InChI=1S/C19H29N3O/c1-15-13-17-5-3-4-6-18(17)22(15)19(23)14-21-11-8-16(9-12-21)7-10-20-2/h3-6,15-16,20H,7-14H2,1-2H3. The molecule has 0 spiro atoms. The first-order valence-electron chi connectivity index (χ1n) is 8.96. The molecule has 2 aliphatic heterocycles. The molecule has 1 aromatic rings. The maximum absolute atomic E-state index is 12.8. The predicted molar refractivity (Wildman–Crippen MR) is 94.8 cm³/mol. The maximum atomic E-state index is 12.8. The lowest BCUT2D eigenvalue weighted by Gasteiger charge is -2.33. The molecule has 2 aliphatic rings.